The molecule has 0 spiro atoms. The summed E-state index contributed by atoms with van der Waals surface area (Å²) in [6, 6.07) is 0. The van der Waals surface area contributed by atoms with E-state index in [0.29, 0.717) is 12.5 Å². The summed E-state index contributed by atoms with van der Waals surface area (Å²) in [6.45, 7) is 4.69. The topological polar surface area (TPSA) is 26.3 Å². The van der Waals surface area contributed by atoms with E-state index in [-0.39, 0.29) is 10.2 Å². The highest BCUT2D eigenvalue weighted by atomic mass is 79.9. The Bertz CT molecular complexity index is 128. The van der Waals surface area contributed by atoms with Crippen LogP contribution >= 0.6 is 31.5 Å². The predicted molar refractivity (Wildman–Crippen MR) is 54.4 cm³/mol. The van der Waals surface area contributed by atoms with E-state index in [1.165, 1.54) is 0 Å². The zero-order valence-corrected chi connectivity index (χ0v) is 9.81. The Balaban J connectivity index is 3.32. The Kier molecular flexibility index (Phi) is 6.33. The molecule has 0 saturated heterocycles. The maximum absolute atomic E-state index is 10.8. The molecule has 0 unspecified atom stereocenters. The van der Waals surface area contributed by atoms with Crippen molar-refractivity contribution in [3.8, 4) is 0 Å². The van der Waals surface area contributed by atoms with Crippen molar-refractivity contribution in [2.75, 3.05) is 6.61 Å². The van der Waals surface area contributed by atoms with Crippen molar-refractivity contribution in [2.45, 2.75) is 20.3 Å². The second-order valence-corrected chi connectivity index (χ2v) is 5.71. The van der Waals surface area contributed by atoms with Gasteiger partial charge in [-0.05, 0) is 12.3 Å². The van der Waals surface area contributed by atoms with Gasteiger partial charge >= 0.3 is 4.36 Å². The lowest BCUT2D eigenvalue weighted by atomic mass is 10.1. The summed E-state index contributed by atoms with van der Waals surface area (Å²) in [5, 5.41) is 0. The molecule has 0 aliphatic rings. The summed E-state index contributed by atoms with van der Waals surface area (Å²) in [6.07, 6.45) is 0.915. The standard InChI is InChI=1S/C6H11BBr2O2/c1-5(2)3-4-11-6(10)7(8)9/h5H,3-4H2,1-2H3. The summed E-state index contributed by atoms with van der Waals surface area (Å²) in [5.41, 5.74) is 0. The molecule has 0 amide bonds. The molecule has 64 valence electrons. The van der Waals surface area contributed by atoms with Crippen LogP contribution in [0.2, 0.25) is 0 Å². The SMILES string of the molecule is CC(C)CCOC(=O)B(Br)Br. The van der Waals surface area contributed by atoms with Crippen molar-refractivity contribution >= 4 is 41.7 Å². The molecule has 0 aliphatic heterocycles. The van der Waals surface area contributed by atoms with Crippen LogP contribution in [0.15, 0.2) is 0 Å². The van der Waals surface area contributed by atoms with Crippen molar-refractivity contribution in [1.29, 1.82) is 0 Å². The van der Waals surface area contributed by atoms with Gasteiger partial charge in [-0.25, -0.2) is 0 Å². The van der Waals surface area contributed by atoms with E-state index in [0.717, 1.165) is 6.42 Å². The molecule has 5 heteroatoms. The minimum absolute atomic E-state index is 0.259. The largest absolute Gasteiger partial charge is 0.472 e. The van der Waals surface area contributed by atoms with Crippen LogP contribution in [0.3, 0.4) is 0 Å². The van der Waals surface area contributed by atoms with Crippen LogP contribution in [0.25, 0.3) is 0 Å². The monoisotopic (exact) mass is 284 g/mol. The number of rotatable bonds is 4. The summed E-state index contributed by atoms with van der Waals surface area (Å²) in [5.74, 6) is 0.317. The zero-order chi connectivity index (χ0) is 8.85. The molecule has 0 radical (unpaired) electrons. The van der Waals surface area contributed by atoms with E-state index < -0.39 is 0 Å². The molecule has 0 N–H and O–H groups in total. The number of hydrogen-bond donors (Lipinski definition) is 0. The maximum Gasteiger partial charge on any atom is 0.425 e. The molecule has 0 aromatic carbocycles. The van der Waals surface area contributed by atoms with Crippen LogP contribution in [0.4, 0.5) is 4.79 Å². The number of carbonyl (C=O) groups excluding carboxylic acids is 1. The van der Waals surface area contributed by atoms with Crippen molar-refractivity contribution < 1.29 is 9.53 Å². The van der Waals surface area contributed by atoms with Crippen molar-refractivity contribution in [3.05, 3.63) is 0 Å². The van der Waals surface area contributed by atoms with Gasteiger partial charge < -0.3 is 4.74 Å². The van der Waals surface area contributed by atoms with Crippen molar-refractivity contribution in [3.63, 3.8) is 0 Å². The summed E-state index contributed by atoms with van der Waals surface area (Å²) < 4.78 is 4.51. The number of halogens is 2. The lowest BCUT2D eigenvalue weighted by Gasteiger charge is -2.05. The van der Waals surface area contributed by atoms with E-state index in [1.807, 2.05) is 0 Å². The summed E-state index contributed by atoms with van der Waals surface area (Å²) in [4.78, 5) is 10.8. The fourth-order valence-electron chi connectivity index (χ4n) is 0.458. The highest BCUT2D eigenvalue weighted by Gasteiger charge is 2.17. The van der Waals surface area contributed by atoms with Crippen LogP contribution in [-0.2, 0) is 4.74 Å². The van der Waals surface area contributed by atoms with Gasteiger partial charge in [-0.3, -0.25) is 4.79 Å². The van der Waals surface area contributed by atoms with Gasteiger partial charge in [0.25, 0.3) is 5.87 Å². The third-order valence-electron chi connectivity index (χ3n) is 1.12. The molecule has 0 aromatic rings. The molecule has 0 atom stereocenters. The Hall–Kier alpha value is 0.495. The van der Waals surface area contributed by atoms with Gasteiger partial charge in [0.1, 0.15) is 0 Å². The van der Waals surface area contributed by atoms with Crippen LogP contribution < -0.4 is 0 Å². The molecular formula is C6H11BBr2O2. The quantitative estimate of drug-likeness (QED) is 0.742. The Morgan fingerprint density at radius 1 is 1.55 bits per heavy atom. The molecule has 0 heterocycles. The van der Waals surface area contributed by atoms with Crippen LogP contribution in [0, 0.1) is 5.92 Å². The molecule has 0 saturated carbocycles. The minimum Gasteiger partial charge on any atom is -0.472 e. The van der Waals surface area contributed by atoms with Crippen LogP contribution in [0.1, 0.15) is 20.3 Å². The summed E-state index contributed by atoms with van der Waals surface area (Å²) >= 11 is 6.10. The van der Waals surface area contributed by atoms with E-state index in [4.69, 9.17) is 4.74 Å². The first-order chi connectivity index (χ1) is 5.04. The van der Waals surface area contributed by atoms with Gasteiger partial charge in [0.2, 0.25) is 0 Å². The van der Waals surface area contributed by atoms with Gasteiger partial charge in [-0.1, -0.05) is 13.8 Å². The molecule has 2 nitrogen and oxygen atoms in total. The third-order valence-corrected chi connectivity index (χ3v) is 1.87. The highest BCUT2D eigenvalue weighted by molar-refractivity contribution is 9.50. The molecular weight excluding hydrogens is 275 g/mol. The molecule has 0 rings (SSSR count). The maximum atomic E-state index is 10.8. The fourth-order valence-corrected chi connectivity index (χ4v) is 0.723. The van der Waals surface area contributed by atoms with Gasteiger partial charge in [0.05, 0.1) is 6.61 Å². The zero-order valence-electron chi connectivity index (χ0n) is 6.64. The normalized spacial score (nSPS) is 9.91. The minimum atomic E-state index is -0.373. The van der Waals surface area contributed by atoms with Crippen LogP contribution in [-0.4, -0.2) is 16.8 Å². The van der Waals surface area contributed by atoms with Gasteiger partial charge in [-0.2, -0.15) is 0 Å². The smallest absolute Gasteiger partial charge is 0.425 e. The van der Waals surface area contributed by atoms with E-state index in [1.54, 1.807) is 0 Å². The van der Waals surface area contributed by atoms with Gasteiger partial charge in [-0.15, -0.1) is 31.5 Å². The van der Waals surface area contributed by atoms with Gasteiger partial charge in [0, 0.05) is 0 Å². The first-order valence-corrected chi connectivity index (χ1v) is 5.32. The second kappa shape index (κ2) is 6.06. The van der Waals surface area contributed by atoms with Gasteiger partial charge in [0.15, 0.2) is 0 Å². The van der Waals surface area contributed by atoms with Crippen molar-refractivity contribution in [2.24, 2.45) is 5.92 Å². The molecule has 0 aliphatic carbocycles. The Labute approximate surface area is 84.1 Å². The third kappa shape index (κ3) is 6.88. The Morgan fingerprint density at radius 2 is 2.09 bits per heavy atom. The second-order valence-electron chi connectivity index (χ2n) is 2.65. The fraction of sp³-hybridized carbons (Fsp3) is 0.833. The molecule has 0 fully saturated rings. The molecule has 0 aromatic heterocycles. The predicted octanol–water partition coefficient (Wildman–Crippen LogP) is 3.03. The average Bonchev–Trinajstić information content (AvgIpc) is 1.86. The first-order valence-electron chi connectivity index (χ1n) is 3.48. The van der Waals surface area contributed by atoms with Crippen LogP contribution in [0.5, 0.6) is 0 Å². The molecule has 0 bridgehead atoms. The average molecular weight is 286 g/mol. The van der Waals surface area contributed by atoms with E-state index in [2.05, 4.69) is 45.4 Å². The number of carbonyl (C=O) groups is 1. The van der Waals surface area contributed by atoms with E-state index >= 15 is 0 Å². The first kappa shape index (κ1) is 11.5. The van der Waals surface area contributed by atoms with E-state index in [9.17, 15) is 4.79 Å². The Morgan fingerprint density at radius 3 is 2.45 bits per heavy atom. The number of hydrogen-bond acceptors (Lipinski definition) is 2. The summed E-state index contributed by atoms with van der Waals surface area (Å²) in [7, 11) is 0. The molecule has 11 heavy (non-hydrogen) atoms. The lowest BCUT2D eigenvalue weighted by Crippen LogP contribution is -2.15. The van der Waals surface area contributed by atoms with Crippen molar-refractivity contribution in [1.82, 2.24) is 0 Å². The highest BCUT2D eigenvalue weighted by Crippen LogP contribution is 2.07. The number of ether oxygens (including phenoxy) is 1. The lowest BCUT2D eigenvalue weighted by molar-refractivity contribution is 0.166.